The van der Waals surface area contributed by atoms with Crippen molar-refractivity contribution in [3.8, 4) is 0 Å². The Morgan fingerprint density at radius 2 is 1.71 bits per heavy atom. The third-order valence-electron chi connectivity index (χ3n) is 3.69. The Morgan fingerprint density at radius 1 is 1.07 bits per heavy atom. The Kier molecular flexibility index (Phi) is 7.59. The van der Waals surface area contributed by atoms with Crippen LogP contribution in [0.2, 0.25) is 0 Å². The van der Waals surface area contributed by atoms with Gasteiger partial charge in [-0.05, 0) is 57.8 Å². The van der Waals surface area contributed by atoms with Gasteiger partial charge in [-0.15, -0.1) is 0 Å². The van der Waals surface area contributed by atoms with E-state index in [0.29, 0.717) is 10.2 Å². The van der Waals surface area contributed by atoms with Gasteiger partial charge in [0.1, 0.15) is 11.7 Å². The number of furan rings is 1. The topological polar surface area (TPSA) is 109 Å². The summed E-state index contributed by atoms with van der Waals surface area (Å²) in [6.45, 7) is 3.35. The first-order valence-corrected chi connectivity index (χ1v) is 9.83. The lowest BCUT2D eigenvalue weighted by Crippen LogP contribution is -2.47. The molecule has 148 valence electrons. The fourth-order valence-electron chi connectivity index (χ4n) is 2.24. The summed E-state index contributed by atoms with van der Waals surface area (Å²) in [5.74, 6) is -2.86. The summed E-state index contributed by atoms with van der Waals surface area (Å²) in [7, 11) is 0. The zero-order chi connectivity index (χ0) is 20.8. The van der Waals surface area contributed by atoms with Gasteiger partial charge in [0.05, 0.1) is 0 Å². The molecule has 2 aromatic rings. The highest BCUT2D eigenvalue weighted by Gasteiger charge is 2.26. The van der Waals surface area contributed by atoms with Gasteiger partial charge in [-0.2, -0.15) is 0 Å². The lowest BCUT2D eigenvalue weighted by Gasteiger charge is -2.19. The van der Waals surface area contributed by atoms with Crippen molar-refractivity contribution in [2.75, 3.05) is 0 Å². The minimum absolute atomic E-state index is 0.0000234. The number of rotatable bonds is 7. The van der Waals surface area contributed by atoms with Crippen LogP contribution in [0.15, 0.2) is 55.7 Å². The van der Waals surface area contributed by atoms with E-state index in [9.17, 15) is 19.5 Å². The molecular weight excluding hydrogens is 496 g/mol. The number of hydrogen-bond acceptors (Lipinski definition) is 4. The van der Waals surface area contributed by atoms with Crippen LogP contribution in [0.5, 0.6) is 0 Å². The van der Waals surface area contributed by atoms with Crippen molar-refractivity contribution in [1.29, 1.82) is 0 Å². The molecule has 2 amide bonds. The molecule has 2 rings (SSSR count). The van der Waals surface area contributed by atoms with Gasteiger partial charge in [-0.3, -0.25) is 9.59 Å². The second kappa shape index (κ2) is 9.70. The molecule has 9 heteroatoms. The van der Waals surface area contributed by atoms with E-state index in [-0.39, 0.29) is 17.4 Å². The van der Waals surface area contributed by atoms with E-state index in [0.717, 1.165) is 4.47 Å². The van der Waals surface area contributed by atoms with Crippen molar-refractivity contribution in [2.45, 2.75) is 19.9 Å². The largest absolute Gasteiger partial charge is 0.480 e. The van der Waals surface area contributed by atoms with Gasteiger partial charge >= 0.3 is 5.97 Å². The average molecular weight is 514 g/mol. The van der Waals surface area contributed by atoms with Crippen LogP contribution in [0, 0.1) is 5.92 Å². The smallest absolute Gasteiger partial charge is 0.326 e. The highest BCUT2D eigenvalue weighted by atomic mass is 79.9. The zero-order valence-electron chi connectivity index (χ0n) is 15.0. The Bertz CT molecular complexity index is 903. The van der Waals surface area contributed by atoms with Crippen molar-refractivity contribution >= 4 is 55.7 Å². The van der Waals surface area contributed by atoms with Gasteiger partial charge in [-0.1, -0.05) is 41.9 Å². The molecule has 0 fully saturated rings. The minimum atomic E-state index is -1.16. The Balaban J connectivity index is 2.31. The summed E-state index contributed by atoms with van der Waals surface area (Å²) < 4.78 is 6.41. The summed E-state index contributed by atoms with van der Waals surface area (Å²) in [4.78, 5) is 36.5. The maximum atomic E-state index is 12.7. The van der Waals surface area contributed by atoms with Gasteiger partial charge in [0.15, 0.2) is 10.4 Å². The second-order valence-corrected chi connectivity index (χ2v) is 7.90. The molecule has 0 unspecified atom stereocenters. The van der Waals surface area contributed by atoms with E-state index >= 15 is 0 Å². The summed E-state index contributed by atoms with van der Waals surface area (Å²) >= 11 is 6.44. The number of carbonyl (C=O) groups excluding carboxylic acids is 2. The van der Waals surface area contributed by atoms with Gasteiger partial charge < -0.3 is 20.2 Å². The number of nitrogens with one attached hydrogen (secondary N) is 2. The second-order valence-electron chi connectivity index (χ2n) is 6.20. The van der Waals surface area contributed by atoms with Crippen molar-refractivity contribution < 1.29 is 23.9 Å². The summed E-state index contributed by atoms with van der Waals surface area (Å²) in [5, 5.41) is 14.2. The van der Waals surface area contributed by atoms with Crippen LogP contribution in [0.3, 0.4) is 0 Å². The number of carbonyl (C=O) groups is 3. The van der Waals surface area contributed by atoms with Gasteiger partial charge in [-0.25, -0.2) is 4.79 Å². The van der Waals surface area contributed by atoms with Crippen LogP contribution < -0.4 is 10.6 Å². The Hall–Kier alpha value is -2.39. The molecule has 1 atom stereocenters. The monoisotopic (exact) mass is 512 g/mol. The van der Waals surface area contributed by atoms with Crippen molar-refractivity contribution in [3.63, 3.8) is 0 Å². The molecule has 0 spiro atoms. The number of carboxylic acids is 1. The number of aliphatic carboxylic acids is 1. The van der Waals surface area contributed by atoms with E-state index in [4.69, 9.17) is 4.42 Å². The van der Waals surface area contributed by atoms with Crippen molar-refractivity contribution in [1.82, 2.24) is 10.6 Å². The first-order valence-electron chi connectivity index (χ1n) is 8.25. The normalized spacial score (nSPS) is 12.5. The molecule has 0 saturated carbocycles. The summed E-state index contributed by atoms with van der Waals surface area (Å²) in [5.41, 5.74) is 0.539. The third kappa shape index (κ3) is 6.07. The van der Waals surface area contributed by atoms with Crippen LogP contribution >= 0.6 is 31.9 Å². The molecule has 0 aliphatic rings. The van der Waals surface area contributed by atoms with Crippen LogP contribution in [0.4, 0.5) is 0 Å². The van der Waals surface area contributed by atoms with Crippen LogP contribution in [0.1, 0.15) is 30.0 Å². The number of hydrogen-bond donors (Lipinski definition) is 3. The first-order chi connectivity index (χ1) is 13.2. The molecule has 0 radical (unpaired) electrons. The number of carboxylic acid groups (broad SMARTS) is 1. The van der Waals surface area contributed by atoms with E-state index in [1.54, 1.807) is 44.2 Å². The highest BCUT2D eigenvalue weighted by molar-refractivity contribution is 9.10. The molecule has 28 heavy (non-hydrogen) atoms. The molecule has 3 N–H and O–H groups in total. The molecule has 1 aromatic heterocycles. The quantitative estimate of drug-likeness (QED) is 0.488. The van der Waals surface area contributed by atoms with Gasteiger partial charge in [0.25, 0.3) is 11.8 Å². The summed E-state index contributed by atoms with van der Waals surface area (Å²) in [6, 6.07) is 8.93. The molecule has 0 bridgehead atoms. The lowest BCUT2D eigenvalue weighted by molar-refractivity contribution is -0.142. The highest BCUT2D eigenvalue weighted by Crippen LogP contribution is 2.16. The molecule has 0 saturated heterocycles. The lowest BCUT2D eigenvalue weighted by atomic mass is 10.0. The number of benzene rings is 1. The zero-order valence-corrected chi connectivity index (χ0v) is 18.2. The predicted molar refractivity (Wildman–Crippen MR) is 110 cm³/mol. The van der Waals surface area contributed by atoms with Gasteiger partial charge in [0, 0.05) is 4.47 Å². The minimum Gasteiger partial charge on any atom is -0.480 e. The predicted octanol–water partition coefficient (Wildman–Crippen LogP) is 3.80. The van der Waals surface area contributed by atoms with E-state index in [2.05, 4.69) is 42.5 Å². The number of amides is 2. The Labute approximate surface area is 178 Å². The molecule has 0 aliphatic carbocycles. The van der Waals surface area contributed by atoms with Crippen molar-refractivity contribution in [2.24, 2.45) is 5.92 Å². The fraction of sp³-hybridized carbons (Fsp3) is 0.211. The van der Waals surface area contributed by atoms with Crippen molar-refractivity contribution in [3.05, 3.63) is 62.6 Å². The maximum absolute atomic E-state index is 12.7. The van der Waals surface area contributed by atoms with Crippen LogP contribution in [0.25, 0.3) is 6.08 Å². The van der Waals surface area contributed by atoms with E-state index in [1.807, 2.05) is 0 Å². The number of halogens is 2. The van der Waals surface area contributed by atoms with Crippen LogP contribution in [-0.4, -0.2) is 28.9 Å². The standard InChI is InChI=1S/C19H18Br2N2O5/c1-10(2)16(19(26)27)23-17(24)13(9-11-3-5-12(20)6-4-11)22-18(25)14-7-8-15(21)28-14/h3-10,16H,1-2H3,(H,22,25)(H,23,24)(H,26,27)/b13-9-/t16-/m1/s1. The first kappa shape index (κ1) is 21.9. The van der Waals surface area contributed by atoms with Gasteiger partial charge in [0.2, 0.25) is 0 Å². The summed E-state index contributed by atoms with van der Waals surface area (Å²) in [6.07, 6.45) is 1.46. The average Bonchev–Trinajstić information content (AvgIpc) is 3.06. The fourth-order valence-corrected chi connectivity index (χ4v) is 2.81. The third-order valence-corrected chi connectivity index (χ3v) is 4.65. The van der Waals surface area contributed by atoms with Crippen LogP contribution in [-0.2, 0) is 9.59 Å². The van der Waals surface area contributed by atoms with E-state index < -0.39 is 23.8 Å². The Morgan fingerprint density at radius 3 is 2.21 bits per heavy atom. The van der Waals surface area contributed by atoms with E-state index in [1.165, 1.54) is 12.1 Å². The SMILES string of the molecule is CC(C)[C@@H](NC(=O)/C(=C/c1ccc(Br)cc1)NC(=O)c1ccc(Br)o1)C(=O)O. The molecule has 7 nitrogen and oxygen atoms in total. The maximum Gasteiger partial charge on any atom is 0.326 e. The molecular formula is C19H18Br2N2O5. The molecule has 1 aromatic carbocycles. The molecule has 1 heterocycles. The molecule has 0 aliphatic heterocycles.